The van der Waals surface area contributed by atoms with Gasteiger partial charge in [0.25, 0.3) is 11.1 Å². The summed E-state index contributed by atoms with van der Waals surface area (Å²) in [6.07, 6.45) is 7.45. The van der Waals surface area contributed by atoms with Crippen molar-refractivity contribution in [1.29, 1.82) is 0 Å². The Morgan fingerprint density at radius 2 is 2.06 bits per heavy atom. The van der Waals surface area contributed by atoms with E-state index in [-0.39, 0.29) is 18.4 Å². The van der Waals surface area contributed by atoms with Crippen LogP contribution in [0, 0.1) is 12.8 Å². The Labute approximate surface area is 203 Å². The van der Waals surface area contributed by atoms with E-state index < -0.39 is 12.5 Å². The number of fused-ring (bicyclic) bond motifs is 1. The average molecular weight is 497 g/mol. The van der Waals surface area contributed by atoms with Gasteiger partial charge in [-0.2, -0.15) is 0 Å². The zero-order valence-electron chi connectivity index (χ0n) is 19.9. The van der Waals surface area contributed by atoms with E-state index in [1.807, 2.05) is 6.92 Å². The molecule has 10 heteroatoms. The predicted molar refractivity (Wildman–Crippen MR) is 126 cm³/mol. The largest absolute Gasteiger partial charge is 0.464 e. The van der Waals surface area contributed by atoms with Crippen molar-refractivity contribution in [3.8, 4) is 5.19 Å². The van der Waals surface area contributed by atoms with Gasteiger partial charge in [0.2, 0.25) is 5.91 Å². The van der Waals surface area contributed by atoms with Crippen molar-refractivity contribution in [2.24, 2.45) is 5.92 Å². The highest BCUT2D eigenvalue weighted by molar-refractivity contribution is 7.13. The summed E-state index contributed by atoms with van der Waals surface area (Å²) in [6.45, 7) is 5.04. The number of carbonyl (C=O) groups is 1. The third-order valence-electron chi connectivity index (χ3n) is 6.60. The molecule has 2 aromatic heterocycles. The van der Waals surface area contributed by atoms with Crippen LogP contribution < -0.4 is 10.1 Å². The van der Waals surface area contributed by atoms with Crippen LogP contribution in [0.15, 0.2) is 10.6 Å². The number of halogens is 2. The van der Waals surface area contributed by atoms with Gasteiger partial charge in [0.05, 0.1) is 17.8 Å². The number of amides is 1. The average Bonchev–Trinajstić information content (AvgIpc) is 3.32. The van der Waals surface area contributed by atoms with Gasteiger partial charge in [-0.25, -0.2) is 13.8 Å². The fourth-order valence-corrected chi connectivity index (χ4v) is 5.70. The minimum absolute atomic E-state index is 0.00204. The van der Waals surface area contributed by atoms with E-state index in [1.54, 1.807) is 6.07 Å². The summed E-state index contributed by atoms with van der Waals surface area (Å²) < 4.78 is 36.4. The number of aromatic nitrogens is 2. The number of nitrogens with one attached hydrogen (secondary N) is 1. The van der Waals surface area contributed by atoms with Gasteiger partial charge in [-0.3, -0.25) is 4.79 Å². The van der Waals surface area contributed by atoms with E-state index in [0.717, 1.165) is 81.3 Å². The van der Waals surface area contributed by atoms with Crippen LogP contribution in [0.2, 0.25) is 0 Å². The van der Waals surface area contributed by atoms with Crippen molar-refractivity contribution < 1.29 is 22.8 Å². The molecule has 2 aromatic rings. The zero-order valence-corrected chi connectivity index (χ0v) is 20.8. The lowest BCUT2D eigenvalue weighted by Crippen LogP contribution is -2.39. The van der Waals surface area contributed by atoms with Gasteiger partial charge in [0.1, 0.15) is 5.76 Å². The number of thiazole rings is 1. The molecule has 1 N–H and O–H groups in total. The Morgan fingerprint density at radius 3 is 2.76 bits per heavy atom. The second kappa shape index (κ2) is 11.1. The summed E-state index contributed by atoms with van der Waals surface area (Å²) in [4.78, 5) is 20.4. The van der Waals surface area contributed by atoms with Crippen LogP contribution in [0.5, 0.6) is 5.19 Å². The van der Waals surface area contributed by atoms with Crippen LogP contribution in [0.4, 0.5) is 8.78 Å². The predicted octanol–water partition coefficient (Wildman–Crippen LogP) is 4.18. The summed E-state index contributed by atoms with van der Waals surface area (Å²) in [6, 6.07) is 2.05. The van der Waals surface area contributed by atoms with Gasteiger partial charge in [-0.05, 0) is 57.9 Å². The Kier molecular flexibility index (Phi) is 8.18. The van der Waals surface area contributed by atoms with E-state index in [9.17, 15) is 13.6 Å². The molecule has 34 heavy (non-hydrogen) atoms. The first-order valence-corrected chi connectivity index (χ1v) is 13.0. The number of hydrogen-bond acceptors (Lipinski definition) is 7. The molecule has 4 rings (SSSR count). The molecule has 0 bridgehead atoms. The minimum atomic E-state index is -2.85. The maximum Gasteiger partial charge on any atom is 0.278 e. The molecule has 1 amide bonds. The topological polar surface area (TPSA) is 80.5 Å². The maximum absolute atomic E-state index is 13.0. The molecule has 188 valence electrons. The van der Waals surface area contributed by atoms with Crippen LogP contribution in [-0.4, -0.2) is 59.2 Å². The first-order chi connectivity index (χ1) is 16.2. The molecule has 0 radical (unpaired) electrons. The monoisotopic (exact) mass is 496 g/mol. The Balaban J connectivity index is 1.13. The zero-order chi connectivity index (χ0) is 24.1. The lowest BCUT2D eigenvalue weighted by Gasteiger charge is -2.30. The smallest absolute Gasteiger partial charge is 0.278 e. The van der Waals surface area contributed by atoms with Crippen molar-refractivity contribution in [2.45, 2.75) is 77.2 Å². The van der Waals surface area contributed by atoms with Crippen molar-refractivity contribution >= 4 is 17.2 Å². The summed E-state index contributed by atoms with van der Waals surface area (Å²) in [5, 5.41) is 7.33. The molecule has 1 aliphatic heterocycles. The van der Waals surface area contributed by atoms with Gasteiger partial charge in [0, 0.05) is 43.4 Å². The van der Waals surface area contributed by atoms with Crippen LogP contribution >= 0.6 is 11.3 Å². The van der Waals surface area contributed by atoms with Crippen LogP contribution in [0.3, 0.4) is 0 Å². The fourth-order valence-electron chi connectivity index (χ4n) is 4.76. The van der Waals surface area contributed by atoms with Gasteiger partial charge >= 0.3 is 0 Å². The van der Waals surface area contributed by atoms with Gasteiger partial charge < -0.3 is 19.5 Å². The molecule has 1 aliphatic carbocycles. The molecule has 0 spiro atoms. The first kappa shape index (κ1) is 25.0. The summed E-state index contributed by atoms with van der Waals surface area (Å²) >= 11 is 1.41. The third-order valence-corrected chi connectivity index (χ3v) is 7.67. The molecule has 0 atom stereocenters. The number of hydrogen-bond donors (Lipinski definition) is 1. The summed E-state index contributed by atoms with van der Waals surface area (Å²) in [5.41, 5.74) is 1.79. The Morgan fingerprint density at radius 1 is 1.29 bits per heavy atom. The molecule has 1 saturated carbocycles. The SMILES string of the molecule is Cc1cc(CC(=O)N[C@H]2CC[C@H](CCN3CCc4nc(OCC(C)(F)F)sc4CC3)CC2)on1. The highest BCUT2D eigenvalue weighted by atomic mass is 32.1. The van der Waals surface area contributed by atoms with E-state index in [0.29, 0.717) is 16.9 Å². The Bertz CT molecular complexity index is 925. The number of carbonyl (C=O) groups excluding carboxylic acids is 1. The molecule has 3 heterocycles. The lowest BCUT2D eigenvalue weighted by molar-refractivity contribution is -0.121. The molecular formula is C24H34F2N4O3S. The molecule has 1 fully saturated rings. The van der Waals surface area contributed by atoms with E-state index >= 15 is 0 Å². The van der Waals surface area contributed by atoms with Crippen LogP contribution in [0.1, 0.15) is 61.1 Å². The lowest BCUT2D eigenvalue weighted by atomic mass is 9.84. The van der Waals surface area contributed by atoms with Crippen molar-refractivity contribution in [3.63, 3.8) is 0 Å². The highest BCUT2D eigenvalue weighted by Crippen LogP contribution is 2.30. The molecule has 0 aromatic carbocycles. The van der Waals surface area contributed by atoms with Gasteiger partial charge in [-0.1, -0.05) is 16.5 Å². The fraction of sp³-hybridized carbons (Fsp3) is 0.708. The number of aryl methyl sites for hydroxylation is 1. The second-order valence-electron chi connectivity index (χ2n) is 9.74. The second-order valence-corrected chi connectivity index (χ2v) is 10.8. The molecule has 0 unspecified atom stereocenters. The maximum atomic E-state index is 13.0. The van der Waals surface area contributed by atoms with E-state index in [4.69, 9.17) is 9.26 Å². The van der Waals surface area contributed by atoms with Crippen LogP contribution in [0.25, 0.3) is 0 Å². The molecule has 0 saturated heterocycles. The first-order valence-electron chi connectivity index (χ1n) is 12.2. The normalized spacial score (nSPS) is 21.6. The van der Waals surface area contributed by atoms with Crippen LogP contribution in [-0.2, 0) is 24.1 Å². The van der Waals surface area contributed by atoms with Gasteiger partial charge in [-0.15, -0.1) is 0 Å². The van der Waals surface area contributed by atoms with Crippen molar-refractivity contribution in [3.05, 3.63) is 28.1 Å². The third kappa shape index (κ3) is 7.46. The number of alkyl halides is 2. The van der Waals surface area contributed by atoms with E-state index in [2.05, 4.69) is 20.4 Å². The van der Waals surface area contributed by atoms with E-state index in [1.165, 1.54) is 17.8 Å². The van der Waals surface area contributed by atoms with Crippen molar-refractivity contribution in [2.75, 3.05) is 26.2 Å². The standard InChI is InChI=1S/C24H34F2N4O3S/c1-16-13-19(33-29-16)14-22(31)27-18-5-3-17(4-6-18)7-10-30-11-8-20-21(9-12-30)34-23(28-20)32-15-24(2,25)26/h13,17-18H,3-12,14-15H2,1-2H3,(H,27,31)/t17-,18-. The molecule has 7 nitrogen and oxygen atoms in total. The van der Waals surface area contributed by atoms with Gasteiger partial charge in [0.15, 0.2) is 6.61 Å². The quantitative estimate of drug-likeness (QED) is 0.561. The molecule has 2 aliphatic rings. The Hall–Kier alpha value is -2.07. The minimum Gasteiger partial charge on any atom is -0.464 e. The summed E-state index contributed by atoms with van der Waals surface area (Å²) in [7, 11) is 0. The van der Waals surface area contributed by atoms with Crippen molar-refractivity contribution in [1.82, 2.24) is 20.4 Å². The number of rotatable bonds is 9. The number of ether oxygens (including phenoxy) is 1. The summed E-state index contributed by atoms with van der Waals surface area (Å²) in [5.74, 6) is -1.54. The number of nitrogens with zero attached hydrogens (tertiary/aromatic N) is 3. The molecular weight excluding hydrogens is 462 g/mol. The highest BCUT2D eigenvalue weighted by Gasteiger charge is 2.26.